The number of likely N-dealkylation sites (N-methyl/N-ethyl adjacent to an activating group) is 1. The zero-order valence-corrected chi connectivity index (χ0v) is 23.8. The molecule has 11 nitrogen and oxygen atoms in total. The molecule has 7 N–H and O–H groups in total. The fourth-order valence-corrected chi connectivity index (χ4v) is 7.25. The summed E-state index contributed by atoms with van der Waals surface area (Å²) < 4.78 is 13.3. The Morgan fingerprint density at radius 2 is 1.82 bits per heavy atom. The van der Waals surface area contributed by atoms with Crippen LogP contribution in [0.5, 0.6) is 5.75 Å². The molecule has 1 aromatic heterocycles. The third-order valence-electron chi connectivity index (χ3n) is 8.48. The monoisotopic (exact) mass is 622 g/mol. The second kappa shape index (κ2) is 10.8. The highest BCUT2D eigenvalue weighted by molar-refractivity contribution is 7.14. The molecule has 230 valence electrons. The van der Waals surface area contributed by atoms with Crippen molar-refractivity contribution in [1.29, 1.82) is 0 Å². The number of primary amides is 1. The number of anilines is 2. The number of nitrogens with one attached hydrogen (secondary N) is 1. The van der Waals surface area contributed by atoms with E-state index in [-0.39, 0.29) is 48.7 Å². The van der Waals surface area contributed by atoms with Gasteiger partial charge in [-0.15, -0.1) is 11.3 Å². The Bertz CT molecular complexity index is 1780. The number of aliphatic hydroxyl groups is 3. The molecule has 3 aliphatic carbocycles. The van der Waals surface area contributed by atoms with Gasteiger partial charge in [0.25, 0.3) is 5.91 Å². The highest BCUT2D eigenvalue weighted by Crippen LogP contribution is 2.53. The van der Waals surface area contributed by atoms with Crippen molar-refractivity contribution in [3.8, 4) is 17.0 Å². The summed E-state index contributed by atoms with van der Waals surface area (Å²) in [6, 6.07) is 7.97. The predicted octanol–water partition coefficient (Wildman–Crippen LogP) is 3.61. The van der Waals surface area contributed by atoms with Gasteiger partial charge in [-0.05, 0) is 68.8 Å². The number of nitrogens with two attached hydrogens (primary N) is 1. The number of amides is 1. The third-order valence-corrected chi connectivity index (χ3v) is 9.24. The molecule has 0 unspecified atom stereocenters. The minimum absolute atomic E-state index is 0. The molecule has 0 spiro atoms. The Morgan fingerprint density at radius 3 is 2.45 bits per heavy atom. The van der Waals surface area contributed by atoms with Crippen LogP contribution in [-0.4, -0.2) is 73.5 Å². The first kappa shape index (κ1) is 30.9. The van der Waals surface area contributed by atoms with Gasteiger partial charge in [0, 0.05) is 22.4 Å². The van der Waals surface area contributed by atoms with Crippen LogP contribution in [0.15, 0.2) is 58.7 Å². The van der Waals surface area contributed by atoms with Gasteiger partial charge in [-0.1, -0.05) is 13.5 Å². The van der Waals surface area contributed by atoms with Crippen LogP contribution in [0.4, 0.5) is 15.2 Å². The van der Waals surface area contributed by atoms with Crippen molar-refractivity contribution in [2.75, 3.05) is 19.4 Å². The maximum atomic E-state index is 14.0. The lowest BCUT2D eigenvalue weighted by atomic mass is 9.57. The summed E-state index contributed by atoms with van der Waals surface area (Å²) in [7, 11) is 3.09. The van der Waals surface area contributed by atoms with Crippen molar-refractivity contribution < 1.29 is 39.2 Å². The number of fused-ring (bicyclic) bond motifs is 3. The number of carbonyl (C=O) groups is 3. The first-order valence-electron chi connectivity index (χ1n) is 13.3. The van der Waals surface area contributed by atoms with Gasteiger partial charge in [0.05, 0.1) is 23.0 Å². The van der Waals surface area contributed by atoms with Gasteiger partial charge in [0.2, 0.25) is 5.78 Å². The molecule has 1 fully saturated rings. The average Bonchev–Trinajstić information content (AvgIpc) is 3.41. The number of rotatable bonds is 5. The van der Waals surface area contributed by atoms with Crippen LogP contribution in [0.25, 0.3) is 17.0 Å². The molecule has 1 heterocycles. The molecule has 1 saturated carbocycles. The number of hydrogen-bond acceptors (Lipinski definition) is 11. The van der Waals surface area contributed by atoms with E-state index in [2.05, 4.69) is 10.3 Å². The summed E-state index contributed by atoms with van der Waals surface area (Å²) >= 11 is 1.24. The zero-order chi connectivity index (χ0) is 31.0. The van der Waals surface area contributed by atoms with Crippen LogP contribution in [0.1, 0.15) is 25.0 Å². The van der Waals surface area contributed by atoms with Crippen LogP contribution in [0, 0.1) is 17.7 Å². The average molecular weight is 623 g/mol. The summed E-state index contributed by atoms with van der Waals surface area (Å²) in [6.45, 7) is 0. The molecule has 13 heteroatoms. The molecule has 6 rings (SSSR count). The van der Waals surface area contributed by atoms with Gasteiger partial charge >= 0.3 is 0 Å². The van der Waals surface area contributed by atoms with Gasteiger partial charge in [-0.25, -0.2) is 9.37 Å². The van der Waals surface area contributed by atoms with E-state index in [4.69, 9.17) is 5.73 Å². The molecule has 44 heavy (non-hydrogen) atoms. The highest BCUT2D eigenvalue weighted by Gasteiger charge is 2.64. The van der Waals surface area contributed by atoms with Gasteiger partial charge in [0.15, 0.2) is 16.5 Å². The molecule has 0 saturated heterocycles. The number of halogens is 1. The van der Waals surface area contributed by atoms with E-state index in [1.165, 1.54) is 28.4 Å². The molecule has 1 amide bonds. The van der Waals surface area contributed by atoms with Crippen molar-refractivity contribution in [2.24, 2.45) is 17.6 Å². The maximum Gasteiger partial charge on any atom is 0.255 e. The molecular formula is C31H31FN4O7S. The van der Waals surface area contributed by atoms with Gasteiger partial charge in [0.1, 0.15) is 28.7 Å². The Kier molecular flexibility index (Phi) is 7.60. The lowest BCUT2D eigenvalue weighted by Gasteiger charge is -2.50. The van der Waals surface area contributed by atoms with E-state index in [1.54, 1.807) is 43.7 Å². The Balaban J connectivity index is 0.00000384. The summed E-state index contributed by atoms with van der Waals surface area (Å²) in [6.07, 6.45) is 0.201. The summed E-state index contributed by atoms with van der Waals surface area (Å²) in [5, 5.41) is 50.5. The molecule has 2 aromatic carbocycles. The zero-order valence-electron chi connectivity index (χ0n) is 23.0. The van der Waals surface area contributed by atoms with E-state index in [1.807, 2.05) is 0 Å². The molecule has 0 bridgehead atoms. The van der Waals surface area contributed by atoms with Crippen LogP contribution in [0.2, 0.25) is 0 Å². The molecule has 3 aliphatic rings. The molecule has 4 atom stereocenters. The number of aliphatic hydroxyl groups excluding tert-OH is 2. The first-order chi connectivity index (χ1) is 20.3. The third kappa shape index (κ3) is 4.46. The largest absolute Gasteiger partial charge is 0.508 e. The SMILES string of the molecule is C.CN(C)[C@@H]1C(=O)C(C(N)=O)=C(O)[C@@]2(O)C(=O)C3=C(O)c4c(ccc(Nc5nc(-c6ccc(F)cc6)cs5)c4O)C[C@H]3C[C@@H]12. The van der Waals surface area contributed by atoms with Crippen molar-refractivity contribution in [2.45, 2.75) is 31.9 Å². The number of ketones is 2. The van der Waals surface area contributed by atoms with E-state index >= 15 is 0 Å². The van der Waals surface area contributed by atoms with Crippen LogP contribution in [0.3, 0.4) is 0 Å². The van der Waals surface area contributed by atoms with E-state index in [0.717, 1.165) is 0 Å². The number of benzene rings is 2. The number of aromatic nitrogens is 1. The topological polar surface area (TPSA) is 186 Å². The standard InChI is InChI=1S/C30H27FN4O7S.CH4/c1-35(2)22-16-10-14-9-13-5-8-17(33-29-34-18(11-43-29)12-3-6-15(31)7-4-12)23(36)19(13)24(37)20(14)26(39)30(16,42)27(40)21(25(22)38)28(32)41;/h3-8,11,14,16,22,36-37,40,42H,9-10H2,1-2H3,(H2,32,41)(H,33,34);1H4/t14-,16-,22-,30-;/m0./s1. The minimum Gasteiger partial charge on any atom is -0.508 e. The molecule has 0 aliphatic heterocycles. The number of carbonyl (C=O) groups excluding carboxylic acids is 3. The lowest BCUT2D eigenvalue weighted by molar-refractivity contribution is -0.153. The Morgan fingerprint density at radius 1 is 1.14 bits per heavy atom. The summed E-state index contributed by atoms with van der Waals surface area (Å²) in [4.78, 5) is 45.2. The molecule has 0 radical (unpaired) electrons. The van der Waals surface area contributed by atoms with Crippen LogP contribution >= 0.6 is 11.3 Å². The number of thiazole rings is 1. The summed E-state index contributed by atoms with van der Waals surface area (Å²) in [5.41, 5.74) is 3.52. The van der Waals surface area contributed by atoms with E-state index in [0.29, 0.717) is 22.0 Å². The minimum atomic E-state index is -2.70. The van der Waals surface area contributed by atoms with Crippen LogP contribution < -0.4 is 11.1 Å². The predicted molar refractivity (Wildman–Crippen MR) is 162 cm³/mol. The molecular weight excluding hydrogens is 591 g/mol. The fraction of sp³-hybridized carbons (Fsp3) is 0.290. The van der Waals surface area contributed by atoms with Crippen molar-refractivity contribution >= 4 is 45.4 Å². The number of Topliss-reactive ketones (excluding diaryl/α,β-unsaturated/α-hetero) is 2. The smallest absolute Gasteiger partial charge is 0.255 e. The number of hydrogen-bond donors (Lipinski definition) is 6. The summed E-state index contributed by atoms with van der Waals surface area (Å²) in [5.74, 6) is -7.42. The normalized spacial score (nSPS) is 24.4. The number of nitrogens with zero attached hydrogens (tertiary/aromatic N) is 2. The number of phenolic OH excluding ortho intramolecular Hbond substituents is 1. The van der Waals surface area contributed by atoms with Crippen molar-refractivity contribution in [3.05, 3.63) is 75.6 Å². The maximum absolute atomic E-state index is 14.0. The van der Waals surface area contributed by atoms with Gasteiger partial charge < -0.3 is 31.5 Å². The molecule has 3 aromatic rings. The quantitative estimate of drug-likeness (QED) is 0.181. The van der Waals surface area contributed by atoms with Gasteiger partial charge in [-0.2, -0.15) is 0 Å². The van der Waals surface area contributed by atoms with Gasteiger partial charge in [-0.3, -0.25) is 19.3 Å². The Labute approximate surface area is 255 Å². The van der Waals surface area contributed by atoms with Crippen molar-refractivity contribution in [1.82, 2.24) is 9.88 Å². The second-order valence-electron chi connectivity index (χ2n) is 11.1. The number of phenols is 1. The first-order valence-corrected chi connectivity index (χ1v) is 14.2. The Hall–Kier alpha value is -4.59. The van der Waals surface area contributed by atoms with E-state index in [9.17, 15) is 39.2 Å². The second-order valence-corrected chi connectivity index (χ2v) is 12.0. The van der Waals surface area contributed by atoms with Crippen LogP contribution in [-0.2, 0) is 20.8 Å². The highest BCUT2D eigenvalue weighted by atomic mass is 32.1. The number of aromatic hydroxyl groups is 1. The fourth-order valence-electron chi connectivity index (χ4n) is 6.52. The lowest BCUT2D eigenvalue weighted by Crippen LogP contribution is -2.65. The van der Waals surface area contributed by atoms with Crippen molar-refractivity contribution in [3.63, 3.8) is 0 Å². The van der Waals surface area contributed by atoms with E-state index < -0.39 is 58.0 Å².